The fraction of sp³-hybridized carbons (Fsp3) is 0.200. The SMILES string of the molecule is CCONC(=O)c1csc(CSc2nnc(-c3ccco3)n2-c2ccccc2OC)n1. The summed E-state index contributed by atoms with van der Waals surface area (Å²) in [6.45, 7) is 2.17. The number of thioether (sulfide) groups is 1. The van der Waals surface area contributed by atoms with Gasteiger partial charge in [0.25, 0.3) is 5.91 Å². The van der Waals surface area contributed by atoms with E-state index in [1.807, 2.05) is 34.9 Å². The molecule has 0 aliphatic rings. The Morgan fingerprint density at radius 2 is 2.13 bits per heavy atom. The Bertz CT molecular complexity index is 1160. The van der Waals surface area contributed by atoms with Gasteiger partial charge < -0.3 is 9.15 Å². The predicted octanol–water partition coefficient (Wildman–Crippen LogP) is 3.97. The second kappa shape index (κ2) is 9.77. The zero-order valence-corrected chi connectivity index (χ0v) is 18.4. The highest BCUT2D eigenvalue weighted by atomic mass is 32.2. The minimum atomic E-state index is -0.369. The van der Waals surface area contributed by atoms with Crippen molar-refractivity contribution in [3.8, 4) is 23.0 Å². The number of carbonyl (C=O) groups excluding carboxylic acids is 1. The molecule has 4 rings (SSSR count). The van der Waals surface area contributed by atoms with Gasteiger partial charge in [-0.3, -0.25) is 14.2 Å². The third kappa shape index (κ3) is 4.63. The molecule has 0 radical (unpaired) electrons. The molecule has 0 unspecified atom stereocenters. The molecule has 0 aliphatic carbocycles. The number of ether oxygens (including phenoxy) is 1. The number of amides is 1. The maximum atomic E-state index is 12.0. The number of benzene rings is 1. The van der Waals surface area contributed by atoms with E-state index in [1.165, 1.54) is 23.1 Å². The van der Waals surface area contributed by atoms with Crippen molar-refractivity contribution in [2.45, 2.75) is 17.8 Å². The quantitative estimate of drug-likeness (QED) is 0.297. The molecule has 31 heavy (non-hydrogen) atoms. The van der Waals surface area contributed by atoms with Crippen molar-refractivity contribution in [1.82, 2.24) is 25.2 Å². The lowest BCUT2D eigenvalue weighted by atomic mass is 10.3. The molecule has 0 saturated carbocycles. The summed E-state index contributed by atoms with van der Waals surface area (Å²) >= 11 is 2.85. The maximum absolute atomic E-state index is 12.0. The van der Waals surface area contributed by atoms with Crippen molar-refractivity contribution < 1.29 is 18.8 Å². The lowest BCUT2D eigenvalue weighted by molar-refractivity contribution is 0.0360. The topological polar surface area (TPSA) is 104 Å². The first-order valence-corrected chi connectivity index (χ1v) is 11.2. The van der Waals surface area contributed by atoms with Crippen LogP contribution in [0, 0.1) is 0 Å². The van der Waals surface area contributed by atoms with E-state index >= 15 is 0 Å². The maximum Gasteiger partial charge on any atom is 0.294 e. The number of hydroxylamine groups is 1. The van der Waals surface area contributed by atoms with Gasteiger partial charge in [0.05, 0.1) is 31.4 Å². The van der Waals surface area contributed by atoms with Crippen LogP contribution >= 0.6 is 23.1 Å². The van der Waals surface area contributed by atoms with Crippen molar-refractivity contribution >= 4 is 29.0 Å². The van der Waals surface area contributed by atoms with Crippen molar-refractivity contribution in [3.05, 3.63) is 58.7 Å². The molecule has 0 fully saturated rings. The van der Waals surface area contributed by atoms with Crippen LogP contribution in [0.2, 0.25) is 0 Å². The highest BCUT2D eigenvalue weighted by molar-refractivity contribution is 7.98. The van der Waals surface area contributed by atoms with E-state index in [4.69, 9.17) is 14.0 Å². The second-order valence-electron chi connectivity index (χ2n) is 6.07. The number of nitrogens with one attached hydrogen (secondary N) is 1. The normalized spacial score (nSPS) is 10.9. The lowest BCUT2D eigenvalue weighted by Crippen LogP contribution is -2.23. The summed E-state index contributed by atoms with van der Waals surface area (Å²) in [6.07, 6.45) is 1.59. The molecule has 4 aromatic rings. The van der Waals surface area contributed by atoms with Gasteiger partial charge >= 0.3 is 0 Å². The molecule has 11 heteroatoms. The predicted molar refractivity (Wildman–Crippen MR) is 116 cm³/mol. The van der Waals surface area contributed by atoms with Crippen molar-refractivity contribution in [2.24, 2.45) is 0 Å². The van der Waals surface area contributed by atoms with E-state index in [0.29, 0.717) is 40.5 Å². The summed E-state index contributed by atoms with van der Waals surface area (Å²) in [5, 5.41) is 11.8. The minimum Gasteiger partial charge on any atom is -0.495 e. The van der Waals surface area contributed by atoms with E-state index in [2.05, 4.69) is 20.7 Å². The number of aromatic nitrogens is 4. The first kappa shape index (κ1) is 21.1. The molecule has 3 heterocycles. The van der Waals surface area contributed by atoms with Gasteiger partial charge in [0.2, 0.25) is 5.82 Å². The number of rotatable bonds is 9. The van der Waals surface area contributed by atoms with Gasteiger partial charge in [0.15, 0.2) is 10.9 Å². The molecule has 0 atom stereocenters. The summed E-state index contributed by atoms with van der Waals surface area (Å²) in [4.78, 5) is 21.3. The number of hydrogen-bond acceptors (Lipinski definition) is 9. The van der Waals surface area contributed by atoms with Crippen LogP contribution in [-0.4, -0.2) is 39.4 Å². The van der Waals surface area contributed by atoms with Crippen LogP contribution in [0.5, 0.6) is 5.75 Å². The molecule has 1 aromatic carbocycles. The van der Waals surface area contributed by atoms with Gasteiger partial charge in [-0.2, -0.15) is 0 Å². The van der Waals surface area contributed by atoms with Crippen LogP contribution in [0.1, 0.15) is 22.4 Å². The van der Waals surface area contributed by atoms with E-state index in [0.717, 1.165) is 10.7 Å². The number of hydrogen-bond donors (Lipinski definition) is 1. The van der Waals surface area contributed by atoms with Crippen molar-refractivity contribution in [1.29, 1.82) is 0 Å². The van der Waals surface area contributed by atoms with Gasteiger partial charge in [-0.25, -0.2) is 10.5 Å². The summed E-state index contributed by atoms with van der Waals surface area (Å²) in [5.74, 6) is 1.98. The van der Waals surface area contributed by atoms with Crippen molar-refractivity contribution in [2.75, 3.05) is 13.7 Å². The van der Waals surface area contributed by atoms with Gasteiger partial charge in [-0.05, 0) is 31.2 Å². The van der Waals surface area contributed by atoms with E-state index < -0.39 is 0 Å². The van der Waals surface area contributed by atoms with Crippen molar-refractivity contribution in [3.63, 3.8) is 0 Å². The smallest absolute Gasteiger partial charge is 0.294 e. The molecule has 0 bridgehead atoms. The molecule has 0 spiro atoms. The molecule has 0 aliphatic heterocycles. The zero-order chi connectivity index (χ0) is 21.6. The Kier molecular flexibility index (Phi) is 6.65. The summed E-state index contributed by atoms with van der Waals surface area (Å²) in [6, 6.07) is 11.2. The number of carbonyl (C=O) groups is 1. The zero-order valence-electron chi connectivity index (χ0n) is 16.8. The molecule has 160 valence electrons. The van der Waals surface area contributed by atoms with E-state index in [9.17, 15) is 4.79 Å². The number of para-hydroxylation sites is 2. The molecule has 0 saturated heterocycles. The average Bonchev–Trinajstić information content (AvgIpc) is 3.56. The molecule has 9 nitrogen and oxygen atoms in total. The average molecular weight is 458 g/mol. The molecule has 1 N–H and O–H groups in total. The summed E-state index contributed by atoms with van der Waals surface area (Å²) in [7, 11) is 1.62. The van der Waals surface area contributed by atoms with Crippen LogP contribution < -0.4 is 10.2 Å². The van der Waals surface area contributed by atoms with Gasteiger partial charge in [0, 0.05) is 5.38 Å². The molecular weight excluding hydrogens is 438 g/mol. The number of nitrogens with zero attached hydrogens (tertiary/aromatic N) is 4. The Labute approximate surface area is 186 Å². The summed E-state index contributed by atoms with van der Waals surface area (Å²) < 4.78 is 13.0. The standard InChI is InChI=1S/C20H19N5O4S2/c1-3-29-24-19(26)13-11-30-17(21-13)12-31-20-23-22-18(16-9-6-10-28-16)25(20)14-7-4-5-8-15(14)27-2/h4-11H,3,12H2,1-2H3,(H,24,26). The molecule has 3 aromatic heterocycles. The fourth-order valence-electron chi connectivity index (χ4n) is 2.76. The Morgan fingerprint density at radius 1 is 1.26 bits per heavy atom. The second-order valence-corrected chi connectivity index (χ2v) is 7.96. The van der Waals surface area contributed by atoms with Crippen LogP contribution in [0.4, 0.5) is 0 Å². The highest BCUT2D eigenvalue weighted by Crippen LogP contribution is 2.34. The fourth-order valence-corrected chi connectivity index (χ4v) is 4.50. The van der Waals surface area contributed by atoms with Gasteiger partial charge in [-0.1, -0.05) is 23.9 Å². The molecular formula is C20H19N5O4S2. The number of methoxy groups -OCH3 is 1. The van der Waals surface area contributed by atoms with Crippen LogP contribution in [0.3, 0.4) is 0 Å². The summed E-state index contributed by atoms with van der Waals surface area (Å²) in [5.41, 5.74) is 3.45. The van der Waals surface area contributed by atoms with Gasteiger partial charge in [-0.15, -0.1) is 21.5 Å². The first-order valence-electron chi connectivity index (χ1n) is 9.33. The largest absolute Gasteiger partial charge is 0.495 e. The van der Waals surface area contributed by atoms with E-state index in [1.54, 1.807) is 31.7 Å². The Balaban J connectivity index is 1.61. The van der Waals surface area contributed by atoms with Crippen LogP contribution in [-0.2, 0) is 10.6 Å². The minimum absolute atomic E-state index is 0.316. The molecule has 1 amide bonds. The first-order chi connectivity index (χ1) is 15.2. The lowest BCUT2D eigenvalue weighted by Gasteiger charge is -2.12. The van der Waals surface area contributed by atoms with Gasteiger partial charge in [0.1, 0.15) is 16.5 Å². The monoisotopic (exact) mass is 457 g/mol. The van der Waals surface area contributed by atoms with Crippen LogP contribution in [0.15, 0.2) is 57.6 Å². The number of thiazole rings is 1. The number of furan rings is 1. The highest BCUT2D eigenvalue weighted by Gasteiger charge is 2.21. The van der Waals surface area contributed by atoms with Crippen LogP contribution in [0.25, 0.3) is 17.3 Å². The Hall–Kier alpha value is -3.15. The third-order valence-electron chi connectivity index (χ3n) is 4.12. The van der Waals surface area contributed by atoms with E-state index in [-0.39, 0.29) is 5.91 Å². The Morgan fingerprint density at radius 3 is 2.90 bits per heavy atom. The third-order valence-corrected chi connectivity index (χ3v) is 6.09.